The van der Waals surface area contributed by atoms with Gasteiger partial charge in [0.2, 0.25) is 5.95 Å². The van der Waals surface area contributed by atoms with Crippen molar-refractivity contribution in [1.29, 1.82) is 0 Å². The summed E-state index contributed by atoms with van der Waals surface area (Å²) in [6.07, 6.45) is 3.85. The zero-order valence-electron chi connectivity index (χ0n) is 12.6. The molecule has 1 aromatic heterocycles. The minimum atomic E-state index is -0.306. The number of carbonyl (C=O) groups is 1. The fraction of sp³-hybridized carbons (Fsp3) is 0.312. The van der Waals surface area contributed by atoms with Crippen molar-refractivity contribution in [2.75, 3.05) is 11.9 Å². The van der Waals surface area contributed by atoms with Crippen LogP contribution in [0.25, 0.3) is 0 Å². The summed E-state index contributed by atoms with van der Waals surface area (Å²) < 4.78 is 12.8. The first kappa shape index (κ1) is 15.9. The number of amides is 1. The van der Waals surface area contributed by atoms with Crippen molar-refractivity contribution in [3.63, 3.8) is 0 Å². The van der Waals surface area contributed by atoms with Gasteiger partial charge in [0, 0.05) is 24.6 Å². The van der Waals surface area contributed by atoms with Crippen molar-refractivity contribution < 1.29 is 9.18 Å². The molecule has 0 saturated heterocycles. The van der Waals surface area contributed by atoms with Gasteiger partial charge in [-0.15, -0.1) is 0 Å². The first-order valence-electron chi connectivity index (χ1n) is 7.17. The summed E-state index contributed by atoms with van der Waals surface area (Å²) in [5.74, 6) is 0.401. The lowest BCUT2D eigenvalue weighted by molar-refractivity contribution is 0.0951. The number of anilines is 2. The number of benzene rings is 1. The standard InChI is InChI=1S/C16H19FN4O/c1-11(2)7-8-18-15(22)12-9-19-16(20-10-12)21-14-5-3-13(17)4-6-14/h3-6,9-11H,7-8H2,1-2H3,(H,18,22)(H,19,20,21). The van der Waals surface area contributed by atoms with E-state index in [1.807, 2.05) is 0 Å². The molecule has 2 rings (SSSR count). The molecule has 0 saturated carbocycles. The normalized spacial score (nSPS) is 10.5. The lowest BCUT2D eigenvalue weighted by Gasteiger charge is -2.08. The van der Waals surface area contributed by atoms with Crippen molar-refractivity contribution in [1.82, 2.24) is 15.3 Å². The number of halogens is 1. The third-order valence-corrected chi connectivity index (χ3v) is 3.02. The largest absolute Gasteiger partial charge is 0.352 e. The highest BCUT2D eigenvalue weighted by Crippen LogP contribution is 2.13. The van der Waals surface area contributed by atoms with Gasteiger partial charge in [0.25, 0.3) is 5.91 Å². The summed E-state index contributed by atoms with van der Waals surface area (Å²) in [4.78, 5) is 20.0. The van der Waals surface area contributed by atoms with Gasteiger partial charge in [0.05, 0.1) is 5.56 Å². The second kappa shape index (κ2) is 7.49. The predicted molar refractivity (Wildman–Crippen MR) is 83.5 cm³/mol. The Hall–Kier alpha value is -2.50. The SMILES string of the molecule is CC(C)CCNC(=O)c1cnc(Nc2ccc(F)cc2)nc1. The molecule has 0 bridgehead atoms. The molecule has 1 aromatic carbocycles. The molecular weight excluding hydrogens is 283 g/mol. The second-order valence-corrected chi connectivity index (χ2v) is 5.37. The molecule has 0 aliphatic heterocycles. The van der Waals surface area contributed by atoms with E-state index in [2.05, 4.69) is 34.4 Å². The Bertz CT molecular complexity index is 611. The average Bonchev–Trinajstić information content (AvgIpc) is 2.50. The number of aromatic nitrogens is 2. The molecule has 6 heteroatoms. The molecule has 0 atom stereocenters. The second-order valence-electron chi connectivity index (χ2n) is 5.37. The smallest absolute Gasteiger partial charge is 0.254 e. The van der Waals surface area contributed by atoms with Crippen LogP contribution in [-0.4, -0.2) is 22.4 Å². The van der Waals surface area contributed by atoms with Gasteiger partial charge < -0.3 is 10.6 Å². The summed E-state index contributed by atoms with van der Waals surface area (Å²) in [5.41, 5.74) is 1.09. The van der Waals surface area contributed by atoms with E-state index in [0.717, 1.165) is 6.42 Å². The van der Waals surface area contributed by atoms with Gasteiger partial charge in [-0.3, -0.25) is 4.79 Å². The lowest BCUT2D eigenvalue weighted by atomic mass is 10.1. The lowest BCUT2D eigenvalue weighted by Crippen LogP contribution is -2.25. The predicted octanol–water partition coefficient (Wildman–Crippen LogP) is 3.14. The third kappa shape index (κ3) is 4.80. The van der Waals surface area contributed by atoms with Crippen LogP contribution >= 0.6 is 0 Å². The summed E-state index contributed by atoms with van der Waals surface area (Å²) >= 11 is 0. The summed E-state index contributed by atoms with van der Waals surface area (Å²) in [5, 5.41) is 5.76. The highest BCUT2D eigenvalue weighted by molar-refractivity contribution is 5.93. The highest BCUT2D eigenvalue weighted by Gasteiger charge is 2.07. The van der Waals surface area contributed by atoms with Crippen LogP contribution < -0.4 is 10.6 Å². The van der Waals surface area contributed by atoms with Crippen molar-refractivity contribution in [2.45, 2.75) is 20.3 Å². The van der Waals surface area contributed by atoms with Gasteiger partial charge in [-0.05, 0) is 36.6 Å². The Morgan fingerprint density at radius 1 is 1.18 bits per heavy atom. The van der Waals surface area contributed by atoms with E-state index in [4.69, 9.17) is 0 Å². The summed E-state index contributed by atoms with van der Waals surface area (Å²) in [7, 11) is 0. The molecule has 0 radical (unpaired) electrons. The van der Waals surface area contributed by atoms with E-state index < -0.39 is 0 Å². The number of nitrogens with one attached hydrogen (secondary N) is 2. The molecule has 0 aliphatic rings. The fourth-order valence-electron chi connectivity index (χ4n) is 1.75. The van der Waals surface area contributed by atoms with E-state index in [1.165, 1.54) is 24.5 Å². The van der Waals surface area contributed by atoms with E-state index in [-0.39, 0.29) is 11.7 Å². The topological polar surface area (TPSA) is 66.9 Å². The molecule has 1 heterocycles. The Kier molecular flexibility index (Phi) is 5.41. The maximum absolute atomic E-state index is 12.8. The number of rotatable bonds is 6. The van der Waals surface area contributed by atoms with E-state index >= 15 is 0 Å². The van der Waals surface area contributed by atoms with E-state index in [9.17, 15) is 9.18 Å². The minimum Gasteiger partial charge on any atom is -0.352 e. The number of hydrogen-bond acceptors (Lipinski definition) is 4. The number of nitrogens with zero attached hydrogens (tertiary/aromatic N) is 2. The molecule has 0 fully saturated rings. The van der Waals surface area contributed by atoms with E-state index in [0.29, 0.717) is 29.7 Å². The molecule has 22 heavy (non-hydrogen) atoms. The number of hydrogen-bond donors (Lipinski definition) is 2. The van der Waals surface area contributed by atoms with Gasteiger partial charge in [0.1, 0.15) is 5.82 Å². The van der Waals surface area contributed by atoms with Crippen LogP contribution in [0.5, 0.6) is 0 Å². The Morgan fingerprint density at radius 2 is 1.82 bits per heavy atom. The average molecular weight is 302 g/mol. The molecule has 0 unspecified atom stereocenters. The van der Waals surface area contributed by atoms with Gasteiger partial charge >= 0.3 is 0 Å². The van der Waals surface area contributed by atoms with Gasteiger partial charge in [-0.1, -0.05) is 13.8 Å². The summed E-state index contributed by atoms with van der Waals surface area (Å²) in [6.45, 7) is 4.84. The van der Waals surface area contributed by atoms with Crippen molar-refractivity contribution in [2.24, 2.45) is 5.92 Å². The number of carbonyl (C=O) groups excluding carboxylic acids is 1. The summed E-state index contributed by atoms with van der Waals surface area (Å²) in [6, 6.07) is 5.87. The van der Waals surface area contributed by atoms with Crippen molar-refractivity contribution in [3.8, 4) is 0 Å². The molecule has 0 aliphatic carbocycles. The Morgan fingerprint density at radius 3 is 2.41 bits per heavy atom. The highest BCUT2D eigenvalue weighted by atomic mass is 19.1. The van der Waals surface area contributed by atoms with Crippen LogP contribution in [-0.2, 0) is 0 Å². The maximum atomic E-state index is 12.8. The molecule has 2 aromatic rings. The fourth-order valence-corrected chi connectivity index (χ4v) is 1.75. The molecule has 1 amide bonds. The van der Waals surface area contributed by atoms with Crippen LogP contribution in [0.15, 0.2) is 36.7 Å². The van der Waals surface area contributed by atoms with Gasteiger partial charge in [0.15, 0.2) is 0 Å². The molecule has 116 valence electrons. The van der Waals surface area contributed by atoms with Crippen LogP contribution in [0.1, 0.15) is 30.6 Å². The third-order valence-electron chi connectivity index (χ3n) is 3.02. The Balaban J connectivity index is 1.92. The molecule has 0 spiro atoms. The maximum Gasteiger partial charge on any atom is 0.254 e. The van der Waals surface area contributed by atoms with Crippen LogP contribution in [0.4, 0.5) is 16.0 Å². The molecule has 2 N–H and O–H groups in total. The van der Waals surface area contributed by atoms with Crippen molar-refractivity contribution in [3.05, 3.63) is 48.0 Å². The molecular formula is C16H19FN4O. The first-order chi connectivity index (χ1) is 10.5. The van der Waals surface area contributed by atoms with Crippen LogP contribution in [0, 0.1) is 11.7 Å². The van der Waals surface area contributed by atoms with Crippen molar-refractivity contribution >= 4 is 17.5 Å². The quantitative estimate of drug-likeness (QED) is 0.860. The van der Waals surface area contributed by atoms with Gasteiger partial charge in [-0.25, -0.2) is 14.4 Å². The Labute approximate surface area is 129 Å². The van der Waals surface area contributed by atoms with Crippen LogP contribution in [0.3, 0.4) is 0 Å². The zero-order chi connectivity index (χ0) is 15.9. The monoisotopic (exact) mass is 302 g/mol. The van der Waals surface area contributed by atoms with Crippen LogP contribution in [0.2, 0.25) is 0 Å². The first-order valence-corrected chi connectivity index (χ1v) is 7.17. The minimum absolute atomic E-state index is 0.186. The zero-order valence-corrected chi connectivity index (χ0v) is 12.6. The van der Waals surface area contributed by atoms with E-state index in [1.54, 1.807) is 12.1 Å². The van der Waals surface area contributed by atoms with Gasteiger partial charge in [-0.2, -0.15) is 0 Å². The molecule has 5 nitrogen and oxygen atoms in total.